The number of aromatic nitrogens is 2. The number of nitrogens with zero attached hydrogens (tertiary/aromatic N) is 2. The molecule has 1 saturated heterocycles. The Hall–Kier alpha value is -2.27. The largest absolute Gasteiger partial charge is 0.388 e. The van der Waals surface area contributed by atoms with Gasteiger partial charge in [0, 0.05) is 43.1 Å². The van der Waals surface area contributed by atoms with Crippen molar-refractivity contribution < 1.29 is 38.6 Å². The predicted octanol–water partition coefficient (Wildman–Crippen LogP) is -2.37. The third kappa shape index (κ3) is 5.16. The fraction of sp³-hybridized carbons (Fsp3) is 0.333. The molecule has 150 valence electrons. The van der Waals surface area contributed by atoms with Crippen LogP contribution in [0.1, 0.15) is 5.56 Å². The third-order valence-corrected chi connectivity index (χ3v) is 4.46. The monoisotopic (exact) mass is 408 g/mol. The van der Waals surface area contributed by atoms with E-state index in [4.69, 9.17) is 28.4 Å². The molecular weight excluding hydrogens is 388 g/mol. The normalized spacial score (nSPS) is 14.7. The number of hydrogen-bond donors (Lipinski definition) is 1. The van der Waals surface area contributed by atoms with Crippen LogP contribution in [0.15, 0.2) is 30.3 Å². The maximum absolute atomic E-state index is 8.49. The molecule has 28 heavy (non-hydrogen) atoms. The molecule has 0 atom stereocenters. The van der Waals surface area contributed by atoms with Gasteiger partial charge in [0.1, 0.15) is 11.0 Å². The Morgan fingerprint density at radius 3 is 2.39 bits per heavy atom. The minimum Gasteiger partial charge on any atom is -0.388 e. The van der Waals surface area contributed by atoms with E-state index < -0.39 is 10.2 Å². The Kier molecular flexibility index (Phi) is 6.14. The molecule has 4 rings (SSSR count). The van der Waals surface area contributed by atoms with Gasteiger partial charge in [-0.3, -0.25) is 0 Å². The van der Waals surface area contributed by atoms with E-state index >= 15 is 0 Å². The van der Waals surface area contributed by atoms with Gasteiger partial charge in [0.25, 0.3) is 0 Å². The first-order chi connectivity index (χ1) is 13.2. The van der Waals surface area contributed by atoms with Crippen molar-refractivity contribution in [3.63, 3.8) is 0 Å². The van der Waals surface area contributed by atoms with Gasteiger partial charge in [-0.2, -0.15) is 0 Å². The highest BCUT2D eigenvalue weighted by atomic mass is 35.7. The van der Waals surface area contributed by atoms with Crippen LogP contribution in [-0.4, -0.2) is 38.3 Å². The Morgan fingerprint density at radius 1 is 1.07 bits per heavy atom. The summed E-state index contributed by atoms with van der Waals surface area (Å²) in [6.07, 6.45) is 0. The molecule has 0 saturated carbocycles. The minimum atomic E-state index is -4.94. The summed E-state index contributed by atoms with van der Waals surface area (Å²) in [5, 5.41) is 3.17. The quantitative estimate of drug-likeness (QED) is 0.463. The van der Waals surface area contributed by atoms with Crippen molar-refractivity contribution in [2.45, 2.75) is 6.92 Å². The van der Waals surface area contributed by atoms with E-state index in [0.29, 0.717) is 0 Å². The van der Waals surface area contributed by atoms with Gasteiger partial charge in [-0.05, 0) is 31.2 Å². The first kappa shape index (κ1) is 20.5. The average molecular weight is 409 g/mol. The van der Waals surface area contributed by atoms with E-state index in [-0.39, 0.29) is 0 Å². The van der Waals surface area contributed by atoms with Gasteiger partial charge in [-0.15, -0.1) is 10.2 Å². The number of aromatic amines is 1. The fourth-order valence-corrected chi connectivity index (χ4v) is 3.16. The van der Waals surface area contributed by atoms with Crippen LogP contribution in [0.3, 0.4) is 0 Å². The van der Waals surface area contributed by atoms with Crippen molar-refractivity contribution in [2.24, 2.45) is 0 Å². The molecular formula is C18H21ClN4O5. The predicted molar refractivity (Wildman–Crippen MR) is 93.1 cm³/mol. The molecule has 1 aliphatic heterocycles. The second-order valence-corrected chi connectivity index (χ2v) is 7.11. The molecule has 1 fully saturated rings. The second-order valence-electron chi connectivity index (χ2n) is 6.35. The lowest BCUT2D eigenvalue weighted by atomic mass is 10.1. The molecule has 0 amide bonds. The van der Waals surface area contributed by atoms with E-state index in [9.17, 15) is 0 Å². The van der Waals surface area contributed by atoms with E-state index in [1.807, 2.05) is 19.2 Å². The number of halogens is 1. The van der Waals surface area contributed by atoms with Gasteiger partial charge in [0.15, 0.2) is 0 Å². The Balaban J connectivity index is 0.000000403. The molecule has 9 nitrogen and oxygen atoms in total. The number of nitrogens with one attached hydrogen (secondary N) is 2. The molecule has 1 aromatic heterocycles. The molecule has 2 heterocycles. The molecule has 2 N–H and O–H groups in total. The smallest absolute Gasteiger partial charge is 0.233 e. The molecule has 0 spiro atoms. The lowest BCUT2D eigenvalue weighted by molar-refractivity contribution is -2.00. The molecule has 0 aliphatic carbocycles. The van der Waals surface area contributed by atoms with E-state index in [0.717, 1.165) is 54.1 Å². The number of benzene rings is 2. The summed E-state index contributed by atoms with van der Waals surface area (Å²) in [5.74, 6) is 0. The number of rotatable bonds is 2. The number of hydrogen-bond acceptors (Lipinski definition) is 8. The maximum atomic E-state index is 8.49. The van der Waals surface area contributed by atoms with Gasteiger partial charge >= 0.3 is 0 Å². The summed E-state index contributed by atoms with van der Waals surface area (Å²) >= 11 is 0. The summed E-state index contributed by atoms with van der Waals surface area (Å²) < 4.78 is 39.4. The standard InChI is InChI=1S/C18H20N4O.ClHO4/c1-12-9-14(22-5-7-23-8-6-22)11-17-18(12)21-16-10-13(19-2)3-4-15(16)20-17;2-1(3,4)5/h3-4,9-11,19H,5-8H2,1-2H3;(H,2,3,4,5). The van der Waals surface area contributed by atoms with Crippen molar-refractivity contribution in [1.82, 2.24) is 4.98 Å². The van der Waals surface area contributed by atoms with Gasteiger partial charge in [-0.25, -0.2) is 28.6 Å². The van der Waals surface area contributed by atoms with Crippen molar-refractivity contribution >= 4 is 33.4 Å². The summed E-state index contributed by atoms with van der Waals surface area (Å²) in [6.45, 7) is 5.60. The van der Waals surface area contributed by atoms with Crippen LogP contribution >= 0.6 is 0 Å². The van der Waals surface area contributed by atoms with Gasteiger partial charge in [0.2, 0.25) is 11.0 Å². The number of anilines is 2. The van der Waals surface area contributed by atoms with Crippen LogP contribution in [-0.2, 0) is 4.74 Å². The van der Waals surface area contributed by atoms with Crippen LogP contribution in [0, 0.1) is 17.2 Å². The minimum absolute atomic E-state index is 0.793. The summed E-state index contributed by atoms with van der Waals surface area (Å²) in [4.78, 5) is 10.8. The fourth-order valence-electron chi connectivity index (χ4n) is 3.16. The highest BCUT2D eigenvalue weighted by Gasteiger charge is 2.16. The Bertz CT molecular complexity index is 967. The van der Waals surface area contributed by atoms with E-state index in [1.165, 1.54) is 11.3 Å². The molecule has 2 aromatic carbocycles. The SMILES string of the molecule is CNc1ccc2nc3cc(N4CCOCC4)cc(C)c3[nH+]c2c1.[O-][Cl+3]([O-])([O-])[O-]. The highest BCUT2D eigenvalue weighted by Crippen LogP contribution is 2.25. The van der Waals surface area contributed by atoms with Crippen molar-refractivity contribution in [2.75, 3.05) is 43.6 Å². The summed E-state index contributed by atoms with van der Waals surface area (Å²) in [5.41, 5.74) is 7.66. The highest BCUT2D eigenvalue weighted by molar-refractivity contribution is 5.86. The summed E-state index contributed by atoms with van der Waals surface area (Å²) in [7, 11) is -3.02. The van der Waals surface area contributed by atoms with E-state index in [1.54, 1.807) is 0 Å². The molecule has 3 aromatic rings. The molecule has 0 unspecified atom stereocenters. The van der Waals surface area contributed by atoms with Crippen molar-refractivity contribution in [3.8, 4) is 0 Å². The number of H-pyrrole nitrogens is 1. The number of morpholine rings is 1. The topological polar surface area (TPSA) is 144 Å². The van der Waals surface area contributed by atoms with E-state index in [2.05, 4.69) is 40.3 Å². The number of ether oxygens (including phenoxy) is 1. The van der Waals surface area contributed by atoms with Crippen LogP contribution < -0.4 is 33.8 Å². The third-order valence-electron chi connectivity index (χ3n) is 4.46. The zero-order valence-electron chi connectivity index (χ0n) is 15.5. The average Bonchev–Trinajstić information content (AvgIpc) is 2.65. The number of aryl methyl sites for hydroxylation is 1. The molecule has 1 aliphatic rings. The first-order valence-corrected chi connectivity index (χ1v) is 9.88. The maximum Gasteiger partial charge on any atom is 0.233 e. The lowest BCUT2D eigenvalue weighted by Gasteiger charge is -2.29. The van der Waals surface area contributed by atoms with Gasteiger partial charge < -0.3 is 15.0 Å². The summed E-state index contributed by atoms with van der Waals surface area (Å²) in [6, 6.07) is 10.6. The number of fused-ring (bicyclic) bond motifs is 2. The zero-order chi connectivity index (χ0) is 20.3. The Morgan fingerprint density at radius 2 is 1.75 bits per heavy atom. The first-order valence-electron chi connectivity index (χ1n) is 8.64. The van der Waals surface area contributed by atoms with Crippen molar-refractivity contribution in [3.05, 3.63) is 35.9 Å². The lowest BCUT2D eigenvalue weighted by Crippen LogP contribution is -2.68. The van der Waals surface area contributed by atoms with Crippen LogP contribution in [0.4, 0.5) is 11.4 Å². The zero-order valence-corrected chi connectivity index (χ0v) is 16.3. The van der Waals surface area contributed by atoms with Gasteiger partial charge in [0.05, 0.1) is 13.2 Å². The molecule has 0 bridgehead atoms. The Labute approximate surface area is 163 Å². The second kappa shape index (κ2) is 8.39. The molecule has 10 heteroatoms. The van der Waals surface area contributed by atoms with Gasteiger partial charge in [-0.1, -0.05) is 0 Å². The van der Waals surface area contributed by atoms with Crippen molar-refractivity contribution in [1.29, 1.82) is 0 Å². The van der Waals surface area contributed by atoms with Crippen LogP contribution in [0.5, 0.6) is 0 Å². The van der Waals surface area contributed by atoms with Crippen LogP contribution in [0.2, 0.25) is 0 Å². The van der Waals surface area contributed by atoms with Crippen LogP contribution in [0.25, 0.3) is 22.1 Å². The molecule has 0 radical (unpaired) electrons.